The molecule has 0 bridgehead atoms. The molecule has 0 saturated carbocycles. The number of aromatic nitrogens is 1. The van der Waals surface area contributed by atoms with Crippen molar-refractivity contribution in [1.82, 2.24) is 4.57 Å². The minimum atomic E-state index is -4.73. The molecule has 3 nitrogen and oxygen atoms in total. The second-order valence-electron chi connectivity index (χ2n) is 4.49. The molecular weight excluding hydrogens is 288 g/mol. The molecule has 7 heteroatoms. The van der Waals surface area contributed by atoms with Crippen LogP contribution in [0.3, 0.4) is 0 Å². The van der Waals surface area contributed by atoms with Crippen LogP contribution in [0.5, 0.6) is 0 Å². The lowest BCUT2D eigenvalue weighted by Gasteiger charge is -2.12. The van der Waals surface area contributed by atoms with Crippen LogP contribution in [0, 0.1) is 17.1 Å². The van der Waals surface area contributed by atoms with Crippen molar-refractivity contribution in [2.45, 2.75) is 18.8 Å². The van der Waals surface area contributed by atoms with Crippen molar-refractivity contribution in [3.8, 4) is 6.07 Å². The number of rotatable bonds is 3. The van der Waals surface area contributed by atoms with Crippen LogP contribution in [0.15, 0.2) is 36.7 Å². The molecule has 21 heavy (non-hydrogen) atoms. The average Bonchev–Trinajstić information content (AvgIpc) is 2.87. The number of hydrogen-bond acceptors (Lipinski definition) is 2. The maximum atomic E-state index is 13.2. The molecule has 1 atom stereocenters. The van der Waals surface area contributed by atoms with E-state index in [0.29, 0.717) is 5.56 Å². The first-order chi connectivity index (χ1) is 9.81. The Kier molecular flexibility index (Phi) is 4.00. The number of hydrogen-bond donors (Lipinski definition) is 1. The van der Waals surface area contributed by atoms with Gasteiger partial charge in [-0.3, -0.25) is 0 Å². The third-order valence-corrected chi connectivity index (χ3v) is 2.92. The van der Waals surface area contributed by atoms with Gasteiger partial charge in [-0.25, -0.2) is 4.39 Å². The molecule has 1 aromatic heterocycles. The molecule has 0 spiro atoms. The third-order valence-electron chi connectivity index (χ3n) is 2.92. The fraction of sp³-hybridized carbons (Fsp3) is 0.214. The monoisotopic (exact) mass is 298 g/mol. The molecule has 110 valence electrons. The topological polar surface area (TPSA) is 49.0 Å². The van der Waals surface area contributed by atoms with E-state index >= 15 is 0 Å². The van der Waals surface area contributed by atoms with Gasteiger partial charge in [0.2, 0.25) is 0 Å². The van der Waals surface area contributed by atoms with Crippen LogP contribution in [0.25, 0.3) is 0 Å². The average molecular weight is 298 g/mol. The maximum Gasteiger partial charge on any atom is 0.418 e. The van der Waals surface area contributed by atoms with Gasteiger partial charge in [0.15, 0.2) is 6.10 Å². The molecule has 0 radical (unpaired) electrons. The summed E-state index contributed by atoms with van der Waals surface area (Å²) in [6.07, 6.45) is -4.73. The summed E-state index contributed by atoms with van der Waals surface area (Å²) in [5.74, 6) is -0.651. The zero-order chi connectivity index (χ0) is 15.6. The van der Waals surface area contributed by atoms with Crippen LogP contribution in [0.4, 0.5) is 17.6 Å². The second-order valence-corrected chi connectivity index (χ2v) is 4.49. The Morgan fingerprint density at radius 3 is 2.62 bits per heavy atom. The summed E-state index contributed by atoms with van der Waals surface area (Å²) in [5, 5.41) is 17.8. The molecule has 0 fully saturated rings. The van der Waals surface area contributed by atoms with Crippen LogP contribution in [0.1, 0.15) is 22.8 Å². The fourth-order valence-electron chi connectivity index (χ4n) is 1.88. The largest absolute Gasteiger partial charge is 0.418 e. The highest BCUT2D eigenvalue weighted by Crippen LogP contribution is 2.32. The SMILES string of the molecule is N#Cc1cc(Cn2ccc(C(O)C(F)(F)F)c2)ccc1F. The third kappa shape index (κ3) is 3.41. The van der Waals surface area contributed by atoms with E-state index in [0.717, 1.165) is 18.3 Å². The Morgan fingerprint density at radius 2 is 2.00 bits per heavy atom. The zero-order valence-corrected chi connectivity index (χ0v) is 10.6. The van der Waals surface area contributed by atoms with E-state index in [-0.39, 0.29) is 17.7 Å². The second kappa shape index (κ2) is 5.58. The summed E-state index contributed by atoms with van der Waals surface area (Å²) in [6.45, 7) is 0.166. The summed E-state index contributed by atoms with van der Waals surface area (Å²) < 4.78 is 51.7. The molecule has 1 unspecified atom stereocenters. The van der Waals surface area contributed by atoms with Gasteiger partial charge >= 0.3 is 6.18 Å². The quantitative estimate of drug-likeness (QED) is 0.885. The van der Waals surface area contributed by atoms with Gasteiger partial charge in [0, 0.05) is 24.5 Å². The summed E-state index contributed by atoms with van der Waals surface area (Å²) in [7, 11) is 0. The predicted molar refractivity (Wildman–Crippen MR) is 65.7 cm³/mol. The van der Waals surface area contributed by atoms with E-state index < -0.39 is 18.1 Å². The van der Waals surface area contributed by atoms with Crippen LogP contribution < -0.4 is 0 Å². The molecule has 1 heterocycles. The standard InChI is InChI=1S/C14H10F4N2O/c15-12-2-1-9(5-11(12)6-19)7-20-4-3-10(8-20)13(21)14(16,17)18/h1-5,8,13,21H,7H2. The van der Waals surface area contributed by atoms with Crippen molar-refractivity contribution in [3.63, 3.8) is 0 Å². The van der Waals surface area contributed by atoms with Crippen molar-refractivity contribution in [1.29, 1.82) is 5.26 Å². The normalized spacial score (nSPS) is 13.0. The fourth-order valence-corrected chi connectivity index (χ4v) is 1.88. The van der Waals surface area contributed by atoms with Crippen molar-refractivity contribution in [2.24, 2.45) is 0 Å². The van der Waals surface area contributed by atoms with E-state index in [1.165, 1.54) is 22.9 Å². The molecule has 0 saturated heterocycles. The highest BCUT2D eigenvalue weighted by Gasteiger charge is 2.39. The number of halogens is 4. The van der Waals surface area contributed by atoms with Gasteiger partial charge in [-0.05, 0) is 23.8 Å². The Hall–Kier alpha value is -2.33. The number of benzene rings is 1. The van der Waals surface area contributed by atoms with Crippen molar-refractivity contribution in [2.75, 3.05) is 0 Å². The van der Waals surface area contributed by atoms with E-state index in [9.17, 15) is 17.6 Å². The number of aliphatic hydroxyl groups is 1. The molecule has 0 aliphatic carbocycles. The number of aliphatic hydroxyl groups excluding tert-OH is 1. The van der Waals surface area contributed by atoms with E-state index in [1.54, 1.807) is 6.07 Å². The minimum absolute atomic E-state index is 0.129. The maximum absolute atomic E-state index is 13.2. The molecule has 0 aliphatic heterocycles. The lowest BCUT2D eigenvalue weighted by atomic mass is 10.1. The summed E-state index contributed by atoms with van der Waals surface area (Å²) in [5.41, 5.74) is 0.164. The number of nitrogens with zero attached hydrogens (tertiary/aromatic N) is 2. The van der Waals surface area contributed by atoms with Crippen LogP contribution in [-0.4, -0.2) is 15.8 Å². The molecule has 2 aromatic rings. The Balaban J connectivity index is 2.19. The highest BCUT2D eigenvalue weighted by molar-refractivity contribution is 5.34. The Bertz CT molecular complexity index is 685. The van der Waals surface area contributed by atoms with Gasteiger partial charge < -0.3 is 9.67 Å². The molecular formula is C14H10F4N2O. The van der Waals surface area contributed by atoms with E-state index in [1.807, 2.05) is 0 Å². The van der Waals surface area contributed by atoms with Crippen LogP contribution >= 0.6 is 0 Å². The summed E-state index contributed by atoms with van der Waals surface area (Å²) in [4.78, 5) is 0. The molecule has 0 amide bonds. The molecule has 2 rings (SSSR count). The van der Waals surface area contributed by atoms with Gasteiger partial charge in [-0.2, -0.15) is 18.4 Å². The van der Waals surface area contributed by atoms with Crippen LogP contribution in [0.2, 0.25) is 0 Å². The molecule has 1 aromatic carbocycles. The Morgan fingerprint density at radius 1 is 1.29 bits per heavy atom. The first kappa shape index (κ1) is 15.1. The predicted octanol–water partition coefficient (Wildman–Crippen LogP) is 3.14. The number of nitriles is 1. The van der Waals surface area contributed by atoms with E-state index in [4.69, 9.17) is 10.4 Å². The van der Waals surface area contributed by atoms with Crippen molar-refractivity contribution < 1.29 is 22.7 Å². The van der Waals surface area contributed by atoms with Gasteiger partial charge in [-0.1, -0.05) is 6.07 Å². The minimum Gasteiger partial charge on any atom is -0.379 e. The van der Waals surface area contributed by atoms with Crippen molar-refractivity contribution in [3.05, 3.63) is 59.2 Å². The summed E-state index contributed by atoms with van der Waals surface area (Å²) >= 11 is 0. The van der Waals surface area contributed by atoms with Gasteiger partial charge in [0.1, 0.15) is 11.9 Å². The van der Waals surface area contributed by atoms with Gasteiger partial charge in [0.25, 0.3) is 0 Å². The van der Waals surface area contributed by atoms with Crippen LogP contribution in [-0.2, 0) is 6.54 Å². The highest BCUT2D eigenvalue weighted by atomic mass is 19.4. The van der Waals surface area contributed by atoms with Gasteiger partial charge in [0.05, 0.1) is 5.56 Å². The zero-order valence-electron chi connectivity index (χ0n) is 10.6. The molecule has 0 aliphatic rings. The lowest BCUT2D eigenvalue weighted by molar-refractivity contribution is -0.206. The molecule has 1 N–H and O–H groups in total. The van der Waals surface area contributed by atoms with E-state index in [2.05, 4.69) is 0 Å². The summed E-state index contributed by atoms with van der Waals surface area (Å²) in [6, 6.07) is 6.75. The smallest absolute Gasteiger partial charge is 0.379 e. The van der Waals surface area contributed by atoms with Crippen molar-refractivity contribution >= 4 is 0 Å². The Labute approximate surface area is 117 Å². The first-order valence-corrected chi connectivity index (χ1v) is 5.90. The van der Waals surface area contributed by atoms with Gasteiger partial charge in [-0.15, -0.1) is 0 Å². The first-order valence-electron chi connectivity index (χ1n) is 5.90. The number of alkyl halides is 3. The lowest BCUT2D eigenvalue weighted by Crippen LogP contribution is -2.19.